The third kappa shape index (κ3) is 5.75. The number of anilines is 1. The average molecular weight is 688 g/mol. The van der Waals surface area contributed by atoms with Crippen molar-refractivity contribution in [2.75, 3.05) is 57.9 Å². The Morgan fingerprint density at radius 3 is 2.55 bits per heavy atom. The number of likely N-dealkylation sites (tertiary alicyclic amines) is 1. The van der Waals surface area contributed by atoms with Crippen LogP contribution in [0.25, 0.3) is 0 Å². The molecule has 3 N–H and O–H groups in total. The fraction of sp³-hybridized carbons (Fsp3) is 0.531. The number of ether oxygens (including phenoxy) is 2. The van der Waals surface area contributed by atoms with E-state index in [9.17, 15) is 19.5 Å². The molecule has 12 heteroatoms. The van der Waals surface area contributed by atoms with Gasteiger partial charge in [0.1, 0.15) is 11.8 Å². The molecule has 0 aromatic heterocycles. The molecule has 2 aromatic rings. The number of aliphatic hydroxyl groups is 1. The van der Waals surface area contributed by atoms with Crippen LogP contribution in [0.1, 0.15) is 24.9 Å². The number of hydrogen-bond acceptors (Lipinski definition) is 8. The highest BCUT2D eigenvalue weighted by atomic mass is 79.9. The summed E-state index contributed by atoms with van der Waals surface area (Å²) >= 11 is 5.40. The minimum atomic E-state index is -0.847. The number of rotatable bonds is 11. The summed E-state index contributed by atoms with van der Waals surface area (Å²) in [5, 5.41) is 16.6. The van der Waals surface area contributed by atoms with Crippen molar-refractivity contribution in [2.45, 2.75) is 40.3 Å². The van der Waals surface area contributed by atoms with Crippen LogP contribution in [0.2, 0.25) is 0 Å². The lowest BCUT2D eigenvalue weighted by atomic mass is 9.70. The maximum atomic E-state index is 14.6. The molecule has 236 valence electrons. The number of hydrogen-bond donors (Lipinski definition) is 3. The van der Waals surface area contributed by atoms with Gasteiger partial charge in [0.05, 0.1) is 49.1 Å². The largest absolute Gasteiger partial charge is 0.494 e. The predicted molar refractivity (Wildman–Crippen MR) is 172 cm³/mol. The first-order valence-corrected chi connectivity index (χ1v) is 17.1. The average Bonchev–Trinajstić information content (AvgIpc) is 3.63. The minimum Gasteiger partial charge on any atom is -0.494 e. The van der Waals surface area contributed by atoms with Crippen LogP contribution in [0.3, 0.4) is 0 Å². The quantitative estimate of drug-likeness (QED) is 0.309. The number of fused-ring (bicyclic) bond motifs is 1. The van der Waals surface area contributed by atoms with Crippen molar-refractivity contribution >= 4 is 51.1 Å². The van der Waals surface area contributed by atoms with Crippen molar-refractivity contribution in [1.29, 1.82) is 0 Å². The second-order valence-electron chi connectivity index (χ2n) is 11.7. The van der Waals surface area contributed by atoms with Crippen LogP contribution >= 0.6 is 27.7 Å². The molecule has 6 rings (SSSR count). The fourth-order valence-corrected chi connectivity index (χ4v) is 10.9. The Balaban J connectivity index is 1.30. The molecule has 4 heterocycles. The number of aliphatic hydroxyl groups excluding tert-OH is 1. The molecule has 3 unspecified atom stereocenters. The maximum Gasteiger partial charge on any atom is 0.244 e. The molecule has 7 atom stereocenters. The number of thioether (sulfide) groups is 1. The van der Waals surface area contributed by atoms with Gasteiger partial charge >= 0.3 is 0 Å². The second-order valence-corrected chi connectivity index (χ2v) is 14.4. The number of carbonyl (C=O) groups is 3. The maximum absolute atomic E-state index is 14.6. The van der Waals surface area contributed by atoms with E-state index in [0.717, 1.165) is 18.7 Å². The van der Waals surface area contributed by atoms with Crippen molar-refractivity contribution < 1.29 is 29.0 Å². The van der Waals surface area contributed by atoms with Crippen molar-refractivity contribution in [3.05, 3.63) is 60.2 Å². The summed E-state index contributed by atoms with van der Waals surface area (Å²) in [4.78, 5) is 46.5. The first kappa shape index (κ1) is 31.3. The van der Waals surface area contributed by atoms with Crippen LogP contribution in [0.15, 0.2) is 54.6 Å². The van der Waals surface area contributed by atoms with Crippen molar-refractivity contribution in [3.8, 4) is 5.75 Å². The summed E-state index contributed by atoms with van der Waals surface area (Å²) in [7, 11) is 0. The Hall–Kier alpha value is -2.64. The zero-order valence-corrected chi connectivity index (χ0v) is 27.1. The van der Waals surface area contributed by atoms with E-state index in [1.807, 2.05) is 37.3 Å². The minimum absolute atomic E-state index is 0.0551. The summed E-state index contributed by atoms with van der Waals surface area (Å²) in [6, 6.07) is 14.9. The van der Waals surface area contributed by atoms with Gasteiger partial charge in [-0.3, -0.25) is 19.3 Å². The van der Waals surface area contributed by atoms with Crippen LogP contribution < -0.4 is 15.4 Å². The Labute approximate surface area is 270 Å². The zero-order valence-electron chi connectivity index (χ0n) is 24.7. The molecule has 4 fully saturated rings. The van der Waals surface area contributed by atoms with E-state index in [-0.39, 0.29) is 34.4 Å². The third-order valence-electron chi connectivity index (χ3n) is 9.24. The van der Waals surface area contributed by atoms with Crippen LogP contribution in [0, 0.1) is 11.8 Å². The van der Waals surface area contributed by atoms with E-state index in [2.05, 4.69) is 31.5 Å². The van der Waals surface area contributed by atoms with Gasteiger partial charge in [0.15, 0.2) is 0 Å². The second kappa shape index (κ2) is 13.4. The summed E-state index contributed by atoms with van der Waals surface area (Å²) in [6.07, 6.45) is 0.566. The topological polar surface area (TPSA) is 120 Å². The zero-order chi connectivity index (χ0) is 30.8. The third-order valence-corrected chi connectivity index (χ3v) is 12.5. The smallest absolute Gasteiger partial charge is 0.244 e. The number of benzene rings is 2. The van der Waals surface area contributed by atoms with Gasteiger partial charge in [-0.2, -0.15) is 0 Å². The molecular weight excluding hydrogens is 648 g/mol. The lowest BCUT2D eigenvalue weighted by Gasteiger charge is -2.37. The Bertz CT molecular complexity index is 1350. The van der Waals surface area contributed by atoms with Crippen LogP contribution in [0.4, 0.5) is 5.69 Å². The van der Waals surface area contributed by atoms with Gasteiger partial charge in [0.25, 0.3) is 0 Å². The molecule has 4 saturated heterocycles. The lowest BCUT2D eigenvalue weighted by molar-refractivity contribution is -0.142. The summed E-state index contributed by atoms with van der Waals surface area (Å²) in [5.74, 6) is -1.40. The number of amides is 3. The number of nitrogens with one attached hydrogen (secondary N) is 2. The molecule has 0 saturated carbocycles. The van der Waals surface area contributed by atoms with Crippen molar-refractivity contribution in [1.82, 2.24) is 15.1 Å². The molecule has 4 aliphatic rings. The van der Waals surface area contributed by atoms with Crippen LogP contribution in [-0.2, 0) is 19.1 Å². The molecule has 0 radical (unpaired) electrons. The highest BCUT2D eigenvalue weighted by molar-refractivity contribution is 9.09. The molecule has 0 aliphatic carbocycles. The number of nitrogens with zero attached hydrogens (tertiary/aromatic N) is 2. The monoisotopic (exact) mass is 686 g/mol. The van der Waals surface area contributed by atoms with Gasteiger partial charge in [-0.1, -0.05) is 46.3 Å². The van der Waals surface area contributed by atoms with Gasteiger partial charge in [-0.05, 0) is 43.2 Å². The van der Waals surface area contributed by atoms with Gasteiger partial charge in [-0.15, -0.1) is 11.8 Å². The van der Waals surface area contributed by atoms with E-state index >= 15 is 0 Å². The molecule has 1 spiro atoms. The predicted octanol–water partition coefficient (Wildman–Crippen LogP) is 2.67. The summed E-state index contributed by atoms with van der Waals surface area (Å²) < 4.78 is 10.2. The van der Waals surface area contributed by atoms with Gasteiger partial charge in [-0.25, -0.2) is 0 Å². The Kier molecular flexibility index (Phi) is 9.53. The van der Waals surface area contributed by atoms with Crippen molar-refractivity contribution in [2.24, 2.45) is 11.8 Å². The number of carbonyl (C=O) groups excluding carboxylic acids is 3. The standard InChI is InChI=1S/C32H39BrN4O6S/c1-2-43-22-10-8-21(9-11-22)35-29(39)25-26-31(41)37(24(19-38)20-6-4-3-5-7-20)28(32(26)18-23(33)27(25)44-32)30(40)34-12-13-36-14-16-42-17-15-36/h3-11,23-28,38H,2,12-19H2,1H3,(H,34,40)(H,35,39)/t23?,24-,25-,26+,27-,28?,32?/m1/s1. The lowest BCUT2D eigenvalue weighted by Crippen LogP contribution is -2.56. The fourth-order valence-electron chi connectivity index (χ4n) is 7.32. The van der Waals surface area contributed by atoms with E-state index in [1.54, 1.807) is 40.9 Å². The molecule has 2 bridgehead atoms. The SMILES string of the molecule is CCOc1ccc(NC(=O)[C@H]2[C@@H]3SC4(CC3Br)C(C(=O)NCCN3CCOCC3)N([C@H](CO)c3ccccc3)C(=O)[C@H]24)cc1. The number of alkyl halides is 1. The Morgan fingerprint density at radius 1 is 1.14 bits per heavy atom. The van der Waals surface area contributed by atoms with E-state index in [0.29, 0.717) is 50.8 Å². The number of halogens is 1. The first-order valence-electron chi connectivity index (χ1n) is 15.3. The summed E-state index contributed by atoms with van der Waals surface area (Å²) in [6.45, 7) is 6.18. The molecular formula is C32H39BrN4O6S. The highest BCUT2D eigenvalue weighted by Gasteiger charge is 2.76. The van der Waals surface area contributed by atoms with Gasteiger partial charge < -0.3 is 30.1 Å². The van der Waals surface area contributed by atoms with Gasteiger partial charge in [0, 0.05) is 41.9 Å². The van der Waals surface area contributed by atoms with Crippen LogP contribution in [-0.4, -0.2) is 106 Å². The van der Waals surface area contributed by atoms with Crippen molar-refractivity contribution in [3.63, 3.8) is 0 Å². The summed E-state index contributed by atoms with van der Waals surface area (Å²) in [5.41, 5.74) is 1.36. The first-order chi connectivity index (χ1) is 21.4. The molecule has 3 amide bonds. The number of morpholine rings is 1. The van der Waals surface area contributed by atoms with Gasteiger partial charge in [0.2, 0.25) is 17.7 Å². The van der Waals surface area contributed by atoms with E-state index < -0.39 is 28.7 Å². The molecule has 4 aliphatic heterocycles. The van der Waals surface area contributed by atoms with E-state index in [4.69, 9.17) is 9.47 Å². The van der Waals surface area contributed by atoms with E-state index in [1.165, 1.54) is 0 Å². The Morgan fingerprint density at radius 2 is 1.86 bits per heavy atom. The highest BCUT2D eigenvalue weighted by Crippen LogP contribution is 2.68. The molecule has 2 aromatic carbocycles. The van der Waals surface area contributed by atoms with Crippen LogP contribution in [0.5, 0.6) is 5.75 Å². The molecule has 10 nitrogen and oxygen atoms in total. The normalized spacial score (nSPS) is 30.2. The molecule has 44 heavy (non-hydrogen) atoms.